The molecule has 2 aromatic carbocycles. The summed E-state index contributed by atoms with van der Waals surface area (Å²) in [5, 5.41) is 20.5. The molecular weight excluding hydrogens is 679 g/mol. The molecule has 1 aliphatic carbocycles. The molecule has 0 bridgehead atoms. The van der Waals surface area contributed by atoms with Crippen LogP contribution in [0.15, 0.2) is 54.6 Å². The molecule has 12 heteroatoms. The molecule has 0 radical (unpaired) electrons. The predicted octanol–water partition coefficient (Wildman–Crippen LogP) is 6.67. The number of benzene rings is 2. The summed E-state index contributed by atoms with van der Waals surface area (Å²) in [6, 6.07) is 17.9. The normalized spacial score (nSPS) is 20.0. The van der Waals surface area contributed by atoms with Gasteiger partial charge in [0.2, 0.25) is 17.6 Å². The number of hydrogen-bond donors (Lipinski definition) is 2. The maximum Gasteiger partial charge on any atom is 0.307 e. The van der Waals surface area contributed by atoms with Crippen molar-refractivity contribution in [2.75, 3.05) is 40.4 Å². The second-order valence-corrected chi connectivity index (χ2v) is 14.5. The van der Waals surface area contributed by atoms with Gasteiger partial charge in [0.15, 0.2) is 0 Å². The monoisotopic (exact) mass is 718 g/mol. The molecule has 0 saturated carbocycles. The van der Waals surface area contributed by atoms with E-state index < -0.39 is 11.6 Å². The second kappa shape index (κ2) is 14.0. The topological polar surface area (TPSA) is 117 Å². The number of pyridine rings is 2. The van der Waals surface area contributed by atoms with E-state index >= 15 is 0 Å². The van der Waals surface area contributed by atoms with Crippen LogP contribution in [-0.4, -0.2) is 81.9 Å². The Kier molecular flexibility index (Phi) is 9.66. The summed E-state index contributed by atoms with van der Waals surface area (Å²) < 4.78 is 17.8. The Hall–Kier alpha value is -3.93. The zero-order chi connectivity index (χ0) is 35.2. The van der Waals surface area contributed by atoms with Gasteiger partial charge >= 0.3 is 5.97 Å². The van der Waals surface area contributed by atoms with Gasteiger partial charge in [-0.1, -0.05) is 65.7 Å². The van der Waals surface area contributed by atoms with E-state index in [1.165, 1.54) is 0 Å². The Morgan fingerprint density at radius 2 is 1.60 bits per heavy atom. The average molecular weight is 720 g/mol. The zero-order valence-electron chi connectivity index (χ0n) is 28.3. The van der Waals surface area contributed by atoms with Gasteiger partial charge in [-0.25, -0.2) is 4.98 Å². The SMILES string of the molecule is COc1nc(-c2cccc(-c3cccc4c3CC[C@@H]4Oc3nc(OC)c(CN4CC[C@H](C(=O)O)C4)cc3Cl)c2Cl)ccc1CN1CC(C)(O)C1. The van der Waals surface area contributed by atoms with Gasteiger partial charge in [0.25, 0.3) is 0 Å². The fourth-order valence-electron chi connectivity index (χ4n) is 7.54. The summed E-state index contributed by atoms with van der Waals surface area (Å²) in [7, 11) is 3.17. The van der Waals surface area contributed by atoms with Crippen molar-refractivity contribution in [1.29, 1.82) is 0 Å². The Bertz CT molecular complexity index is 1930. The first-order chi connectivity index (χ1) is 24.0. The number of carbonyl (C=O) groups is 1. The van der Waals surface area contributed by atoms with E-state index in [2.05, 4.69) is 26.9 Å². The van der Waals surface area contributed by atoms with Gasteiger partial charge in [-0.2, -0.15) is 4.98 Å². The van der Waals surface area contributed by atoms with Gasteiger partial charge < -0.3 is 24.4 Å². The summed E-state index contributed by atoms with van der Waals surface area (Å²) in [4.78, 5) is 25.1. The number of ether oxygens (including phenoxy) is 3. The van der Waals surface area contributed by atoms with Crippen LogP contribution < -0.4 is 14.2 Å². The molecule has 2 atom stereocenters. The highest BCUT2D eigenvalue weighted by Crippen LogP contribution is 2.45. The Morgan fingerprint density at radius 3 is 2.32 bits per heavy atom. The number of halogens is 2. The number of hydrogen-bond acceptors (Lipinski definition) is 9. The largest absolute Gasteiger partial charge is 0.481 e. The third kappa shape index (κ3) is 6.87. The summed E-state index contributed by atoms with van der Waals surface area (Å²) in [5.74, 6) is 0.0991. The van der Waals surface area contributed by atoms with E-state index in [0.29, 0.717) is 79.1 Å². The Morgan fingerprint density at radius 1 is 0.900 bits per heavy atom. The van der Waals surface area contributed by atoms with Crippen molar-refractivity contribution in [2.45, 2.75) is 51.0 Å². The molecule has 262 valence electrons. The van der Waals surface area contributed by atoms with Crippen LogP contribution in [0.25, 0.3) is 22.4 Å². The molecule has 0 amide bonds. The number of fused-ring (bicyclic) bond motifs is 1. The number of aromatic nitrogens is 2. The maximum absolute atomic E-state index is 11.4. The van der Waals surface area contributed by atoms with Gasteiger partial charge in [-0.05, 0) is 61.6 Å². The third-order valence-electron chi connectivity index (χ3n) is 9.88. The van der Waals surface area contributed by atoms with Gasteiger partial charge in [0, 0.05) is 55.0 Å². The van der Waals surface area contributed by atoms with Crippen molar-refractivity contribution >= 4 is 29.2 Å². The number of likely N-dealkylation sites (tertiary alicyclic amines) is 2. The molecule has 10 nitrogen and oxygen atoms in total. The number of aliphatic hydroxyl groups is 1. The van der Waals surface area contributed by atoms with Crippen LogP contribution in [0.1, 0.15) is 48.1 Å². The lowest BCUT2D eigenvalue weighted by atomic mass is 9.94. The number of β-amino-alcohol motifs (C(OH)–C–C–N with tert-alkyl or cyclic N) is 1. The highest BCUT2D eigenvalue weighted by atomic mass is 35.5. The number of carboxylic acid groups (broad SMARTS) is 1. The van der Waals surface area contributed by atoms with Crippen LogP contribution in [0.3, 0.4) is 0 Å². The molecule has 50 heavy (non-hydrogen) atoms. The lowest BCUT2D eigenvalue weighted by molar-refractivity contribution is -0.141. The number of nitrogens with zero attached hydrogens (tertiary/aromatic N) is 4. The maximum atomic E-state index is 11.4. The van der Waals surface area contributed by atoms with Crippen LogP contribution in [0.5, 0.6) is 17.6 Å². The highest BCUT2D eigenvalue weighted by Gasteiger charge is 2.37. The number of aliphatic carboxylic acids is 1. The smallest absolute Gasteiger partial charge is 0.307 e. The summed E-state index contributed by atoms with van der Waals surface area (Å²) >= 11 is 13.9. The molecule has 7 rings (SSSR count). The van der Waals surface area contributed by atoms with Crippen LogP contribution in [-0.2, 0) is 24.3 Å². The molecule has 2 aliphatic heterocycles. The molecule has 2 fully saturated rings. The number of carboxylic acids is 1. The molecule has 3 aliphatic rings. The van der Waals surface area contributed by atoms with E-state index in [0.717, 1.165) is 51.8 Å². The number of methoxy groups -OCH3 is 2. The molecular formula is C38H40Cl2N4O6. The fourth-order valence-corrected chi connectivity index (χ4v) is 8.08. The van der Waals surface area contributed by atoms with E-state index in [4.69, 9.17) is 42.4 Å². The molecule has 4 aromatic rings. The van der Waals surface area contributed by atoms with E-state index in [-0.39, 0.29) is 12.0 Å². The Labute approximate surface area is 301 Å². The Balaban J connectivity index is 1.11. The van der Waals surface area contributed by atoms with E-state index in [1.54, 1.807) is 20.3 Å². The minimum Gasteiger partial charge on any atom is -0.481 e. The molecule has 2 N–H and O–H groups in total. The van der Waals surface area contributed by atoms with Crippen molar-refractivity contribution in [3.63, 3.8) is 0 Å². The van der Waals surface area contributed by atoms with Crippen LogP contribution in [0, 0.1) is 5.92 Å². The highest BCUT2D eigenvalue weighted by molar-refractivity contribution is 6.36. The van der Waals surface area contributed by atoms with E-state index in [1.807, 2.05) is 43.3 Å². The summed E-state index contributed by atoms with van der Waals surface area (Å²) in [6.07, 6.45) is 1.87. The van der Waals surface area contributed by atoms with E-state index in [9.17, 15) is 15.0 Å². The van der Waals surface area contributed by atoms with Gasteiger partial charge in [-0.15, -0.1) is 0 Å². The van der Waals surface area contributed by atoms with Crippen molar-refractivity contribution in [3.05, 3.63) is 86.9 Å². The molecule has 2 aromatic heterocycles. The third-order valence-corrected chi connectivity index (χ3v) is 10.6. The van der Waals surface area contributed by atoms with Gasteiger partial charge in [0.05, 0.1) is 36.5 Å². The molecule has 2 saturated heterocycles. The van der Waals surface area contributed by atoms with Crippen LogP contribution in [0.4, 0.5) is 0 Å². The molecule has 4 heterocycles. The van der Waals surface area contributed by atoms with Gasteiger partial charge in [0.1, 0.15) is 11.1 Å². The van der Waals surface area contributed by atoms with Crippen molar-refractivity contribution in [1.82, 2.24) is 19.8 Å². The minimum atomic E-state index is -0.771. The predicted molar refractivity (Wildman–Crippen MR) is 191 cm³/mol. The quantitative estimate of drug-likeness (QED) is 0.174. The van der Waals surface area contributed by atoms with Gasteiger partial charge in [-0.3, -0.25) is 14.6 Å². The second-order valence-electron chi connectivity index (χ2n) is 13.7. The first-order valence-corrected chi connectivity index (χ1v) is 17.5. The standard InChI is InChI=1S/C38H40Cl2N4O6/c1-38(47)20-44(21-38)17-22-10-12-31(41-34(22)48-2)29-9-5-8-28(33(29)40)25-6-4-7-27-26(25)11-13-32(27)50-36-30(39)16-24(35(42-36)49-3)19-43-15-14-23(18-43)37(45)46/h4-10,12,16,23,32,47H,11,13-15,17-21H2,1-3H3,(H,45,46)/t23-,32-/m0/s1. The first kappa shape index (κ1) is 34.5. The van der Waals surface area contributed by atoms with Crippen molar-refractivity contribution in [3.8, 4) is 40.0 Å². The molecule has 0 spiro atoms. The summed E-state index contributed by atoms with van der Waals surface area (Å²) in [6.45, 7) is 5.36. The lowest BCUT2D eigenvalue weighted by Gasteiger charge is -2.44. The number of rotatable bonds is 11. The van der Waals surface area contributed by atoms with Crippen LogP contribution in [0.2, 0.25) is 10.0 Å². The fraction of sp³-hybridized carbons (Fsp3) is 0.395. The minimum absolute atomic E-state index is 0.268. The summed E-state index contributed by atoms with van der Waals surface area (Å²) in [5.41, 5.74) is 6.76. The first-order valence-electron chi connectivity index (χ1n) is 16.8. The average Bonchev–Trinajstić information content (AvgIpc) is 3.73. The zero-order valence-corrected chi connectivity index (χ0v) is 29.8. The lowest BCUT2D eigenvalue weighted by Crippen LogP contribution is -2.59. The van der Waals surface area contributed by atoms with Crippen LogP contribution >= 0.6 is 23.2 Å². The van der Waals surface area contributed by atoms with Crippen molar-refractivity contribution < 1.29 is 29.2 Å². The molecule has 0 unspecified atom stereocenters. The van der Waals surface area contributed by atoms with Crippen molar-refractivity contribution in [2.24, 2.45) is 5.92 Å².